The Bertz CT molecular complexity index is 1750. The second-order valence-corrected chi connectivity index (χ2v) is 20.0. The lowest BCUT2D eigenvalue weighted by atomic mass is 9.76. The van der Waals surface area contributed by atoms with Crippen molar-refractivity contribution in [2.45, 2.75) is 181 Å². The Hall–Kier alpha value is -3.33. The Morgan fingerprint density at radius 1 is 0.846 bits per heavy atom. The van der Waals surface area contributed by atoms with Crippen molar-refractivity contribution in [1.82, 2.24) is 4.90 Å². The van der Waals surface area contributed by atoms with Crippen LogP contribution < -0.4 is 0 Å². The second-order valence-electron chi connectivity index (χ2n) is 20.0. The third-order valence-electron chi connectivity index (χ3n) is 14.8. The van der Waals surface area contributed by atoms with E-state index >= 15 is 0 Å². The van der Waals surface area contributed by atoms with Crippen molar-refractivity contribution in [2.75, 3.05) is 27.9 Å². The Balaban J connectivity index is 1.70. The number of amides is 1. The van der Waals surface area contributed by atoms with Crippen molar-refractivity contribution >= 4 is 29.2 Å². The Morgan fingerprint density at radius 3 is 2.25 bits per heavy atom. The summed E-state index contributed by atoms with van der Waals surface area (Å²) in [7, 11) is 4.70. The summed E-state index contributed by atoms with van der Waals surface area (Å²) in [5.74, 6) is -7.07. The van der Waals surface area contributed by atoms with Crippen molar-refractivity contribution in [3.8, 4) is 0 Å². The molecule has 13 heteroatoms. The van der Waals surface area contributed by atoms with Gasteiger partial charge in [0.25, 0.3) is 11.7 Å². The number of ketones is 3. The summed E-state index contributed by atoms with van der Waals surface area (Å²) in [4.78, 5) is 71.9. The molecular weight excluding hydrogens is 831 g/mol. The van der Waals surface area contributed by atoms with Crippen LogP contribution in [0.2, 0.25) is 0 Å². The number of carbonyl (C=O) groups is 5. The number of hydrogen-bond donors (Lipinski definition) is 2. The van der Waals surface area contributed by atoms with Gasteiger partial charge in [-0.15, -0.1) is 0 Å². The molecule has 2 saturated heterocycles. The molecule has 0 spiro atoms. The second kappa shape index (κ2) is 25.2. The Labute approximate surface area is 388 Å². The summed E-state index contributed by atoms with van der Waals surface area (Å²) in [6.07, 6.45) is 13.6. The van der Waals surface area contributed by atoms with Crippen molar-refractivity contribution in [3.05, 3.63) is 47.6 Å². The van der Waals surface area contributed by atoms with Crippen molar-refractivity contribution in [3.63, 3.8) is 0 Å². The topological polar surface area (TPSA) is 175 Å². The van der Waals surface area contributed by atoms with Gasteiger partial charge in [-0.2, -0.15) is 0 Å². The molecule has 13 nitrogen and oxygen atoms in total. The maximum atomic E-state index is 14.4. The molecule has 0 radical (unpaired) electrons. The van der Waals surface area contributed by atoms with Gasteiger partial charge >= 0.3 is 5.97 Å². The quantitative estimate of drug-likeness (QED) is 0.153. The average Bonchev–Trinajstić information content (AvgIpc) is 3.28. The molecule has 4 unspecified atom stereocenters. The van der Waals surface area contributed by atoms with Crippen molar-refractivity contribution < 1.29 is 57.9 Å². The molecule has 2 bridgehead atoms. The van der Waals surface area contributed by atoms with E-state index in [2.05, 4.69) is 6.92 Å². The van der Waals surface area contributed by atoms with Crippen LogP contribution in [-0.4, -0.2) is 121 Å². The molecule has 3 aliphatic heterocycles. The third kappa shape index (κ3) is 14.3. The van der Waals surface area contributed by atoms with Crippen LogP contribution in [0.3, 0.4) is 0 Å². The van der Waals surface area contributed by atoms with Crippen LogP contribution in [0.4, 0.5) is 0 Å². The standard InChI is InChI=1S/C52H81NO12/c1-31-17-13-12-14-18-32(2)44(62-10)29-40-23-21-38(8)52(60,65-40)49(57)50(58)53-24-16-15-19-41(53)51(59)64-45(35(5)27-39-22-20-33(3)43(28-39)61-9)30-42(54)34(4)26-37(7)47(56)48(63-11)46(55)36(6)25-31/h12-14,17-18,26,31,33-36,38-41,43-45,47-48,56,60H,15-16,19-25,27-30H2,1-11H3/b14-12?,17-13+,32-18?,37-26+/t31?,33-,34+,35?,36-,38+,39?,40-,41-,43+,44?,45-,47+,48-,52+/m0/s1. The lowest BCUT2D eigenvalue weighted by Gasteiger charge is -2.42. The molecular formula is C52H81NO12. The number of rotatable bonds is 6. The molecule has 4 rings (SSSR count). The predicted molar refractivity (Wildman–Crippen MR) is 248 cm³/mol. The van der Waals surface area contributed by atoms with E-state index in [4.69, 9.17) is 23.7 Å². The van der Waals surface area contributed by atoms with Gasteiger partial charge in [0.15, 0.2) is 5.78 Å². The maximum Gasteiger partial charge on any atom is 0.329 e. The highest BCUT2D eigenvalue weighted by atomic mass is 16.6. The van der Waals surface area contributed by atoms with E-state index in [1.165, 1.54) is 12.0 Å². The minimum absolute atomic E-state index is 0.0304. The van der Waals surface area contributed by atoms with Gasteiger partial charge in [0.05, 0.1) is 18.3 Å². The number of aliphatic hydroxyl groups is 2. The average molecular weight is 912 g/mol. The lowest BCUT2D eigenvalue weighted by molar-refractivity contribution is -0.265. The summed E-state index contributed by atoms with van der Waals surface area (Å²) < 4.78 is 29.7. The van der Waals surface area contributed by atoms with Gasteiger partial charge in [0.2, 0.25) is 5.79 Å². The minimum Gasteiger partial charge on any atom is -0.460 e. The van der Waals surface area contributed by atoms with E-state index in [9.17, 15) is 34.2 Å². The number of fused-ring (bicyclic) bond motifs is 3. The van der Waals surface area contributed by atoms with Gasteiger partial charge in [-0.3, -0.25) is 19.2 Å². The molecule has 4 aliphatic rings. The minimum atomic E-state index is -2.41. The zero-order valence-corrected chi connectivity index (χ0v) is 41.2. The van der Waals surface area contributed by atoms with Crippen LogP contribution in [0.15, 0.2) is 47.6 Å². The highest BCUT2D eigenvalue weighted by molar-refractivity contribution is 6.39. The Kier molecular flexibility index (Phi) is 21.0. The number of Topliss-reactive ketones (excluding diaryl/α,β-unsaturated/α-hetero) is 3. The highest BCUT2D eigenvalue weighted by Crippen LogP contribution is 2.38. The first-order valence-corrected chi connectivity index (χ1v) is 24.2. The number of allylic oxidation sites excluding steroid dienone is 6. The Morgan fingerprint density at radius 2 is 1.57 bits per heavy atom. The zero-order valence-electron chi connectivity index (χ0n) is 41.2. The first-order valence-electron chi connectivity index (χ1n) is 24.2. The van der Waals surface area contributed by atoms with Gasteiger partial charge in [-0.25, -0.2) is 4.79 Å². The van der Waals surface area contributed by atoms with Gasteiger partial charge in [0, 0.05) is 58.5 Å². The van der Waals surface area contributed by atoms with Gasteiger partial charge < -0.3 is 38.8 Å². The molecule has 0 aromatic rings. The number of cyclic esters (lactones) is 1. The fraction of sp³-hybridized carbons (Fsp3) is 0.750. The number of piperidine rings is 1. The number of nitrogens with zero attached hydrogens (tertiary/aromatic N) is 1. The molecule has 1 amide bonds. The van der Waals surface area contributed by atoms with Crippen LogP contribution >= 0.6 is 0 Å². The number of esters is 1. The summed E-state index contributed by atoms with van der Waals surface area (Å²) >= 11 is 0. The number of methoxy groups -OCH3 is 3. The van der Waals surface area contributed by atoms with E-state index in [0.29, 0.717) is 56.4 Å². The molecule has 0 aromatic carbocycles. The molecule has 2 N–H and O–H groups in total. The van der Waals surface area contributed by atoms with E-state index in [1.54, 1.807) is 41.1 Å². The van der Waals surface area contributed by atoms with Gasteiger partial charge in [-0.05, 0) is 113 Å². The molecule has 366 valence electrons. The predicted octanol–water partition coefficient (Wildman–Crippen LogP) is 7.46. The van der Waals surface area contributed by atoms with Gasteiger partial charge in [-0.1, -0.05) is 78.0 Å². The SMILES string of the molecule is COC1C[C@@H]2CC[C@@H](C)[C@@](O)(O2)C(=O)C(=O)N2CCCC[C@H]2C(=O)O[C@H](C(C)CC2CC[C@H](C)[C@H](OC)C2)CC(=O)[C@H](C)/C=C(\C)[C@@H](O)[C@@H](OC)C(=O)[C@@H](C)CC(C)/C=C/C=CC=C1C. The fourth-order valence-corrected chi connectivity index (χ4v) is 10.4. The maximum absolute atomic E-state index is 14.4. The van der Waals surface area contributed by atoms with E-state index < -0.39 is 77.8 Å². The van der Waals surface area contributed by atoms with E-state index in [-0.39, 0.29) is 54.8 Å². The monoisotopic (exact) mass is 912 g/mol. The molecule has 1 saturated carbocycles. The summed E-state index contributed by atoms with van der Waals surface area (Å²) in [6, 6.07) is -1.11. The summed E-state index contributed by atoms with van der Waals surface area (Å²) in [5, 5.41) is 23.4. The van der Waals surface area contributed by atoms with Crippen LogP contribution in [0, 0.1) is 41.4 Å². The smallest absolute Gasteiger partial charge is 0.329 e. The zero-order chi connectivity index (χ0) is 48.2. The molecule has 3 heterocycles. The number of ether oxygens (including phenoxy) is 5. The largest absolute Gasteiger partial charge is 0.460 e. The first kappa shape index (κ1) is 54.3. The number of carbonyl (C=O) groups excluding carboxylic acids is 5. The first-order chi connectivity index (χ1) is 30.7. The summed E-state index contributed by atoms with van der Waals surface area (Å²) in [5.41, 5.74) is 1.30. The fourth-order valence-electron chi connectivity index (χ4n) is 10.4. The van der Waals surface area contributed by atoms with E-state index in [1.807, 2.05) is 58.1 Å². The molecule has 3 fully saturated rings. The lowest BCUT2D eigenvalue weighted by Crippen LogP contribution is -2.61. The van der Waals surface area contributed by atoms with E-state index in [0.717, 1.165) is 24.8 Å². The molecule has 15 atom stereocenters. The number of hydrogen-bond acceptors (Lipinski definition) is 12. The molecule has 1 aliphatic carbocycles. The normalized spacial score (nSPS) is 39.1. The number of aliphatic hydroxyl groups excluding tert-OH is 1. The van der Waals surface area contributed by atoms with Crippen LogP contribution in [0.1, 0.15) is 132 Å². The van der Waals surface area contributed by atoms with Crippen LogP contribution in [0.25, 0.3) is 0 Å². The summed E-state index contributed by atoms with van der Waals surface area (Å²) in [6.45, 7) is 15.1. The van der Waals surface area contributed by atoms with Crippen molar-refractivity contribution in [2.24, 2.45) is 41.4 Å². The highest BCUT2D eigenvalue weighted by Gasteiger charge is 2.53. The van der Waals surface area contributed by atoms with Crippen LogP contribution in [0.5, 0.6) is 0 Å². The van der Waals surface area contributed by atoms with Crippen molar-refractivity contribution in [1.29, 1.82) is 0 Å². The van der Waals surface area contributed by atoms with Crippen LogP contribution in [-0.2, 0) is 47.7 Å². The molecule has 65 heavy (non-hydrogen) atoms. The van der Waals surface area contributed by atoms with Gasteiger partial charge in [0.1, 0.15) is 30.1 Å². The molecule has 0 aromatic heterocycles. The third-order valence-corrected chi connectivity index (χ3v) is 14.8.